The Balaban J connectivity index is 1.91. The van der Waals surface area contributed by atoms with Crippen LogP contribution in [0.3, 0.4) is 0 Å². The smallest absolute Gasteiger partial charge is 0.266 e. The zero-order valence-corrected chi connectivity index (χ0v) is 13.2. The molecule has 1 aliphatic rings. The maximum Gasteiger partial charge on any atom is 0.266 e. The van der Waals surface area contributed by atoms with Crippen LogP contribution in [-0.2, 0) is 14.8 Å². The Morgan fingerprint density at radius 3 is 2.52 bits per heavy atom. The fourth-order valence-electron chi connectivity index (χ4n) is 2.51. The first-order chi connectivity index (χ1) is 10.00. The monoisotopic (exact) mass is 321 g/mol. The van der Waals surface area contributed by atoms with E-state index in [0.717, 1.165) is 15.4 Å². The van der Waals surface area contributed by atoms with E-state index < -0.39 is 10.0 Å². The van der Waals surface area contributed by atoms with Crippen molar-refractivity contribution in [2.45, 2.75) is 24.2 Å². The van der Waals surface area contributed by atoms with Gasteiger partial charge >= 0.3 is 0 Å². The van der Waals surface area contributed by atoms with Gasteiger partial charge in [-0.1, -0.05) is 17.7 Å². The van der Waals surface area contributed by atoms with Crippen molar-refractivity contribution in [3.05, 3.63) is 52.2 Å². The second-order valence-electron chi connectivity index (χ2n) is 5.13. The Bertz CT molecular complexity index is 749. The Morgan fingerprint density at radius 1 is 1.19 bits per heavy atom. The molecule has 0 radical (unpaired) electrons. The van der Waals surface area contributed by atoms with Crippen molar-refractivity contribution < 1.29 is 13.2 Å². The minimum atomic E-state index is -3.74. The van der Waals surface area contributed by atoms with Gasteiger partial charge in [0, 0.05) is 6.54 Å². The first-order valence-electron chi connectivity index (χ1n) is 6.65. The predicted molar refractivity (Wildman–Crippen MR) is 81.8 cm³/mol. The van der Waals surface area contributed by atoms with Crippen LogP contribution in [0.4, 0.5) is 0 Å². The molecule has 0 aliphatic carbocycles. The third-order valence-electron chi connectivity index (χ3n) is 3.72. The highest BCUT2D eigenvalue weighted by Gasteiger charge is 2.40. The largest absolute Gasteiger partial charge is 0.273 e. The minimum Gasteiger partial charge on any atom is -0.273 e. The molecule has 2 aromatic rings. The van der Waals surface area contributed by atoms with Crippen LogP contribution >= 0.6 is 11.3 Å². The molecule has 21 heavy (non-hydrogen) atoms. The van der Waals surface area contributed by atoms with Crippen molar-refractivity contribution in [2.75, 3.05) is 6.54 Å². The maximum atomic E-state index is 12.6. The lowest BCUT2D eigenvalue weighted by Gasteiger charge is -2.17. The quantitative estimate of drug-likeness (QED) is 0.873. The van der Waals surface area contributed by atoms with E-state index in [9.17, 15) is 13.2 Å². The van der Waals surface area contributed by atoms with Crippen LogP contribution in [-0.4, -0.2) is 25.2 Å². The molecular formula is C15H15NO3S2. The fraction of sp³-hybridized carbons (Fsp3) is 0.267. The van der Waals surface area contributed by atoms with E-state index >= 15 is 0 Å². The lowest BCUT2D eigenvalue weighted by Crippen LogP contribution is -2.33. The van der Waals surface area contributed by atoms with Gasteiger partial charge in [-0.3, -0.25) is 4.79 Å². The average molecular weight is 321 g/mol. The third kappa shape index (κ3) is 2.49. The maximum absolute atomic E-state index is 12.6. The number of hydrogen-bond donors (Lipinski definition) is 0. The molecule has 0 saturated carbocycles. The first-order valence-corrected chi connectivity index (χ1v) is 9.04. The van der Waals surface area contributed by atoms with Crippen LogP contribution in [0.15, 0.2) is 46.0 Å². The minimum absolute atomic E-state index is 0.174. The third-order valence-corrected chi connectivity index (χ3v) is 6.23. The van der Waals surface area contributed by atoms with Crippen molar-refractivity contribution in [2.24, 2.45) is 0 Å². The van der Waals surface area contributed by atoms with Gasteiger partial charge in [0.15, 0.2) is 0 Å². The molecular weight excluding hydrogens is 306 g/mol. The molecule has 1 aliphatic heterocycles. The number of rotatable bonds is 3. The number of carbonyl (C=O) groups excluding carboxylic acids is 1. The molecule has 6 heteroatoms. The highest BCUT2D eigenvalue weighted by Crippen LogP contribution is 2.33. The molecule has 110 valence electrons. The summed E-state index contributed by atoms with van der Waals surface area (Å²) in [6.07, 6.45) is 0.542. The fourth-order valence-corrected chi connectivity index (χ4v) is 4.67. The molecule has 4 nitrogen and oxygen atoms in total. The lowest BCUT2D eigenvalue weighted by molar-refractivity contribution is -0.124. The van der Waals surface area contributed by atoms with Crippen molar-refractivity contribution in [3.63, 3.8) is 0 Å². The average Bonchev–Trinajstić information content (AvgIpc) is 3.08. The van der Waals surface area contributed by atoms with Crippen LogP contribution in [0.1, 0.15) is 23.5 Å². The summed E-state index contributed by atoms with van der Waals surface area (Å²) in [6.45, 7) is 2.14. The van der Waals surface area contributed by atoms with Crippen LogP contribution in [0.5, 0.6) is 0 Å². The Hall–Kier alpha value is -1.66. The number of carbonyl (C=O) groups is 1. The molecule has 1 aromatic carbocycles. The van der Waals surface area contributed by atoms with E-state index in [1.54, 1.807) is 24.3 Å². The van der Waals surface area contributed by atoms with E-state index in [0.29, 0.717) is 6.42 Å². The van der Waals surface area contributed by atoms with E-state index in [1.807, 2.05) is 23.8 Å². The summed E-state index contributed by atoms with van der Waals surface area (Å²) in [5.74, 6) is -0.662. The molecule has 1 atom stereocenters. The van der Waals surface area contributed by atoms with Gasteiger partial charge in [-0.2, -0.15) is 11.3 Å². The normalized spacial score (nSPS) is 19.2. The Labute approximate surface area is 128 Å². The molecule has 1 saturated heterocycles. The summed E-state index contributed by atoms with van der Waals surface area (Å²) in [7, 11) is -3.74. The van der Waals surface area contributed by atoms with Crippen LogP contribution in [0, 0.1) is 6.92 Å². The van der Waals surface area contributed by atoms with Crippen LogP contribution < -0.4 is 0 Å². The summed E-state index contributed by atoms with van der Waals surface area (Å²) in [4.78, 5) is 12.6. The van der Waals surface area contributed by atoms with Gasteiger partial charge in [0.05, 0.1) is 10.8 Å². The molecule has 0 spiro atoms. The van der Waals surface area contributed by atoms with Gasteiger partial charge in [0.1, 0.15) is 0 Å². The molecule has 3 rings (SSSR count). The highest BCUT2D eigenvalue weighted by molar-refractivity contribution is 7.89. The summed E-state index contributed by atoms with van der Waals surface area (Å²) >= 11 is 1.51. The van der Waals surface area contributed by atoms with Gasteiger partial charge < -0.3 is 0 Å². The van der Waals surface area contributed by atoms with Crippen molar-refractivity contribution in [1.29, 1.82) is 0 Å². The zero-order valence-electron chi connectivity index (χ0n) is 11.5. The molecule has 0 N–H and O–H groups in total. The second kappa shape index (κ2) is 5.27. The number of aryl methyl sites for hydroxylation is 1. The number of sulfonamides is 1. The number of thiophene rings is 1. The van der Waals surface area contributed by atoms with Gasteiger partial charge in [0.2, 0.25) is 5.91 Å². The van der Waals surface area contributed by atoms with Crippen molar-refractivity contribution >= 4 is 27.3 Å². The number of hydrogen-bond acceptors (Lipinski definition) is 4. The summed E-state index contributed by atoms with van der Waals surface area (Å²) in [5, 5.41) is 3.81. The number of benzene rings is 1. The molecule has 1 amide bonds. The molecule has 1 fully saturated rings. The summed E-state index contributed by atoms with van der Waals surface area (Å²) in [6, 6.07) is 8.47. The lowest BCUT2D eigenvalue weighted by atomic mass is 10.0. The first kappa shape index (κ1) is 14.3. The second-order valence-corrected chi connectivity index (χ2v) is 7.77. The highest BCUT2D eigenvalue weighted by atomic mass is 32.2. The van der Waals surface area contributed by atoms with Crippen molar-refractivity contribution in [1.82, 2.24) is 4.31 Å². The van der Waals surface area contributed by atoms with E-state index in [-0.39, 0.29) is 23.3 Å². The molecule has 1 aromatic heterocycles. The Kier molecular flexibility index (Phi) is 3.59. The van der Waals surface area contributed by atoms with E-state index in [4.69, 9.17) is 0 Å². The number of amides is 1. The topological polar surface area (TPSA) is 54.5 Å². The predicted octanol–water partition coefficient (Wildman–Crippen LogP) is 2.76. The van der Waals surface area contributed by atoms with Gasteiger partial charge in [-0.05, 0) is 47.9 Å². The van der Waals surface area contributed by atoms with E-state index in [2.05, 4.69) is 0 Å². The van der Waals surface area contributed by atoms with Crippen LogP contribution in [0.25, 0.3) is 0 Å². The van der Waals surface area contributed by atoms with Gasteiger partial charge in [-0.25, -0.2) is 12.7 Å². The van der Waals surface area contributed by atoms with Crippen molar-refractivity contribution in [3.8, 4) is 0 Å². The Morgan fingerprint density at radius 2 is 1.90 bits per heavy atom. The summed E-state index contributed by atoms with van der Waals surface area (Å²) in [5.41, 5.74) is 1.89. The molecule has 1 unspecified atom stereocenters. The number of nitrogens with zero attached hydrogens (tertiary/aromatic N) is 1. The summed E-state index contributed by atoms with van der Waals surface area (Å²) < 4.78 is 26.2. The molecule has 2 heterocycles. The van der Waals surface area contributed by atoms with Gasteiger partial charge in [-0.15, -0.1) is 0 Å². The van der Waals surface area contributed by atoms with E-state index in [1.165, 1.54) is 11.3 Å². The van der Waals surface area contributed by atoms with Gasteiger partial charge in [0.25, 0.3) is 10.0 Å². The standard InChI is InChI=1S/C15H15NO3S2/c1-11-2-4-13(5-3-11)21(18,19)16-8-6-14(15(16)17)12-7-9-20-10-12/h2-5,7,9-10,14H,6,8H2,1H3. The SMILES string of the molecule is Cc1ccc(S(=O)(=O)N2CCC(c3ccsc3)C2=O)cc1. The zero-order chi connectivity index (χ0) is 15.0. The molecule has 0 bridgehead atoms. The van der Waals surface area contributed by atoms with Crippen LogP contribution in [0.2, 0.25) is 0 Å².